The van der Waals surface area contributed by atoms with Crippen LogP contribution in [0, 0.1) is 5.41 Å². The van der Waals surface area contributed by atoms with Crippen LogP contribution < -0.4 is 0 Å². The van der Waals surface area contributed by atoms with Crippen LogP contribution in [0.4, 0.5) is 0 Å². The van der Waals surface area contributed by atoms with E-state index in [1.165, 1.54) is 47.0 Å². The fourth-order valence-electron chi connectivity index (χ4n) is 1.16. The Hall–Kier alpha value is -3.32. The molecule has 248 valence electrons. The first-order valence-electron chi connectivity index (χ1n) is 13.1. The summed E-state index contributed by atoms with van der Waals surface area (Å²) in [4.78, 5) is 38.4. The smallest absolute Gasteiger partial charge is 0.330 e. The molecule has 0 fully saturated rings. The number of carbonyl (C=O) groups is 4. The first kappa shape index (κ1) is 51.4. The van der Waals surface area contributed by atoms with E-state index >= 15 is 0 Å². The highest BCUT2D eigenvalue weighted by Gasteiger charge is 2.13. The Morgan fingerprint density at radius 1 is 0.452 bits per heavy atom. The number of carboxylic acid groups (broad SMARTS) is 4. The SMILES string of the molecule is C=C(C)C(=O)O.C=C(C)C(=O)O.C=C(C)C(=O)O.C=C(C)C(=O)O.CC(C)(CO)CO.OCCCCCCCCCO. The summed E-state index contributed by atoms with van der Waals surface area (Å²) < 4.78 is 0. The molecule has 12 nitrogen and oxygen atoms in total. The maximum Gasteiger partial charge on any atom is 0.330 e. The molecule has 0 aromatic carbocycles. The Morgan fingerprint density at radius 3 is 0.667 bits per heavy atom. The van der Waals surface area contributed by atoms with Gasteiger partial charge in [-0.3, -0.25) is 0 Å². The van der Waals surface area contributed by atoms with Crippen molar-refractivity contribution in [3.63, 3.8) is 0 Å². The van der Waals surface area contributed by atoms with Gasteiger partial charge in [-0.25, -0.2) is 19.2 Å². The standard InChI is InChI=1S/C9H20O2.C5H12O2.4C4H6O2/c10-8-6-4-2-1-3-5-7-9-11;1-5(2,3-6)4-7;4*1-3(2)4(5)6/h10-11H,1-9H2;6-7H,3-4H2,1-2H3;4*1H2,2H3,(H,5,6). The molecule has 42 heavy (non-hydrogen) atoms. The first-order valence-corrected chi connectivity index (χ1v) is 13.1. The Labute approximate surface area is 251 Å². The third-order valence-electron chi connectivity index (χ3n) is 4.13. The molecular formula is C30H56O12. The summed E-state index contributed by atoms with van der Waals surface area (Å²) in [6, 6.07) is 0. The molecule has 0 aliphatic carbocycles. The average molecular weight is 609 g/mol. The van der Waals surface area contributed by atoms with E-state index in [2.05, 4.69) is 26.3 Å². The molecule has 0 heterocycles. The highest BCUT2D eigenvalue weighted by Crippen LogP contribution is 2.10. The molecule has 0 radical (unpaired) electrons. The second kappa shape index (κ2) is 35.7. The molecule has 0 rings (SSSR count). The fourth-order valence-corrected chi connectivity index (χ4v) is 1.16. The monoisotopic (exact) mass is 608 g/mol. The molecule has 12 heteroatoms. The Bertz CT molecular complexity index is 625. The third kappa shape index (κ3) is 65.6. The van der Waals surface area contributed by atoms with E-state index in [9.17, 15) is 19.2 Å². The van der Waals surface area contributed by atoms with Gasteiger partial charge in [-0.15, -0.1) is 0 Å². The third-order valence-corrected chi connectivity index (χ3v) is 4.13. The maximum atomic E-state index is 9.60. The second-order valence-corrected chi connectivity index (χ2v) is 9.74. The molecule has 0 aromatic rings. The van der Waals surface area contributed by atoms with Crippen molar-refractivity contribution in [1.82, 2.24) is 0 Å². The van der Waals surface area contributed by atoms with Crippen LogP contribution in [-0.4, -0.2) is 91.2 Å². The number of rotatable bonds is 14. The summed E-state index contributed by atoms with van der Waals surface area (Å²) in [7, 11) is 0. The summed E-state index contributed by atoms with van der Waals surface area (Å²) in [6.45, 7) is 22.8. The predicted octanol–water partition coefficient (Wildman–Crippen LogP) is 4.29. The highest BCUT2D eigenvalue weighted by molar-refractivity contribution is 5.85. The van der Waals surface area contributed by atoms with Gasteiger partial charge in [0, 0.05) is 40.9 Å². The summed E-state index contributed by atoms with van der Waals surface area (Å²) >= 11 is 0. The van der Waals surface area contributed by atoms with Gasteiger partial charge in [0.25, 0.3) is 0 Å². The lowest BCUT2D eigenvalue weighted by molar-refractivity contribution is -0.133. The van der Waals surface area contributed by atoms with E-state index in [0.717, 1.165) is 25.7 Å². The van der Waals surface area contributed by atoms with E-state index < -0.39 is 23.9 Å². The zero-order valence-electron chi connectivity index (χ0n) is 26.3. The normalized spacial score (nSPS) is 9.00. The molecule has 0 aliphatic rings. The van der Waals surface area contributed by atoms with Crippen LogP contribution in [0.15, 0.2) is 48.6 Å². The Balaban J connectivity index is -0.0000000945. The minimum absolute atomic E-state index is 0.0451. The summed E-state index contributed by atoms with van der Waals surface area (Å²) in [5, 5.41) is 65.4. The van der Waals surface area contributed by atoms with Crippen LogP contribution in [0.3, 0.4) is 0 Å². The van der Waals surface area contributed by atoms with Gasteiger partial charge in [-0.05, 0) is 40.5 Å². The molecule has 0 unspecified atom stereocenters. The molecule has 0 saturated heterocycles. The van der Waals surface area contributed by atoms with E-state index in [1.807, 2.05) is 0 Å². The molecule has 0 aliphatic heterocycles. The first-order chi connectivity index (χ1) is 19.1. The van der Waals surface area contributed by atoms with Crippen molar-refractivity contribution in [2.75, 3.05) is 26.4 Å². The van der Waals surface area contributed by atoms with Crippen LogP contribution in [0.2, 0.25) is 0 Å². The lowest BCUT2D eigenvalue weighted by atomic mass is 9.97. The van der Waals surface area contributed by atoms with Gasteiger partial charge < -0.3 is 40.9 Å². The van der Waals surface area contributed by atoms with Crippen LogP contribution in [0.25, 0.3) is 0 Å². The average Bonchev–Trinajstić information content (AvgIpc) is 2.89. The van der Waals surface area contributed by atoms with Gasteiger partial charge in [0.15, 0.2) is 0 Å². The lowest BCUT2D eigenvalue weighted by Crippen LogP contribution is -2.20. The van der Waals surface area contributed by atoms with E-state index in [-0.39, 0.29) is 40.9 Å². The summed E-state index contributed by atoms with van der Waals surface area (Å²) in [5.74, 6) is -3.74. The maximum absolute atomic E-state index is 9.60. The van der Waals surface area contributed by atoms with E-state index in [0.29, 0.717) is 13.2 Å². The van der Waals surface area contributed by atoms with Crippen LogP contribution in [0.1, 0.15) is 86.5 Å². The van der Waals surface area contributed by atoms with E-state index in [1.54, 1.807) is 13.8 Å². The largest absolute Gasteiger partial charge is 0.478 e. The van der Waals surface area contributed by atoms with Crippen molar-refractivity contribution in [3.8, 4) is 0 Å². The van der Waals surface area contributed by atoms with Gasteiger partial charge in [0.1, 0.15) is 0 Å². The number of carboxylic acids is 4. The number of aliphatic hydroxyl groups is 4. The van der Waals surface area contributed by atoms with Gasteiger partial charge in [-0.1, -0.05) is 72.3 Å². The number of aliphatic carboxylic acids is 4. The molecule has 8 N–H and O–H groups in total. The van der Waals surface area contributed by atoms with Crippen LogP contribution in [-0.2, 0) is 19.2 Å². The van der Waals surface area contributed by atoms with Gasteiger partial charge in [0.05, 0.1) is 13.2 Å². The Morgan fingerprint density at radius 2 is 0.595 bits per heavy atom. The molecule has 0 saturated carbocycles. The number of hydrogen-bond acceptors (Lipinski definition) is 8. The van der Waals surface area contributed by atoms with Crippen molar-refractivity contribution in [2.24, 2.45) is 5.41 Å². The number of hydrogen-bond donors (Lipinski definition) is 8. The molecular weight excluding hydrogens is 552 g/mol. The lowest BCUT2D eigenvalue weighted by Gasteiger charge is -2.16. The summed E-state index contributed by atoms with van der Waals surface area (Å²) in [6.07, 6.45) is 7.89. The number of aliphatic hydroxyl groups excluding tert-OH is 4. The zero-order chi connectivity index (χ0) is 34.9. The number of unbranched alkanes of at least 4 members (excludes halogenated alkanes) is 6. The van der Waals surface area contributed by atoms with Crippen molar-refractivity contribution < 1.29 is 60.0 Å². The van der Waals surface area contributed by atoms with Crippen LogP contribution in [0.5, 0.6) is 0 Å². The van der Waals surface area contributed by atoms with Crippen molar-refractivity contribution in [2.45, 2.75) is 86.5 Å². The van der Waals surface area contributed by atoms with Crippen LogP contribution >= 0.6 is 0 Å². The van der Waals surface area contributed by atoms with Crippen molar-refractivity contribution >= 4 is 23.9 Å². The minimum Gasteiger partial charge on any atom is -0.478 e. The van der Waals surface area contributed by atoms with Gasteiger partial charge in [0.2, 0.25) is 0 Å². The predicted molar refractivity (Wildman–Crippen MR) is 164 cm³/mol. The van der Waals surface area contributed by atoms with Gasteiger partial charge >= 0.3 is 23.9 Å². The van der Waals surface area contributed by atoms with Crippen molar-refractivity contribution in [1.29, 1.82) is 0 Å². The van der Waals surface area contributed by atoms with Gasteiger partial charge in [-0.2, -0.15) is 0 Å². The highest BCUT2D eigenvalue weighted by atomic mass is 16.4. The zero-order valence-corrected chi connectivity index (χ0v) is 26.3. The molecule has 0 amide bonds. The van der Waals surface area contributed by atoms with Crippen molar-refractivity contribution in [3.05, 3.63) is 48.6 Å². The minimum atomic E-state index is -0.935. The second-order valence-electron chi connectivity index (χ2n) is 9.74. The fraction of sp³-hybridized carbons (Fsp3) is 0.600. The topological polar surface area (TPSA) is 230 Å². The van der Waals surface area contributed by atoms with E-state index in [4.69, 9.17) is 40.9 Å². The molecule has 0 bridgehead atoms. The molecule has 0 spiro atoms. The quantitative estimate of drug-likeness (QED) is 0.102. The Kier molecular flexibility index (Phi) is 43.7. The molecule has 0 aromatic heterocycles. The summed E-state index contributed by atoms with van der Waals surface area (Å²) in [5.41, 5.74) is 0.398. The molecule has 0 atom stereocenters.